The molecule has 2 aromatic heterocycles. The summed E-state index contributed by atoms with van der Waals surface area (Å²) < 4.78 is 5.42. The first-order chi connectivity index (χ1) is 12.4. The van der Waals surface area contributed by atoms with Crippen LogP contribution in [0.15, 0.2) is 35.0 Å². The highest BCUT2D eigenvalue weighted by molar-refractivity contribution is 6.33. The second kappa shape index (κ2) is 6.45. The molecule has 134 valence electrons. The second-order valence-electron chi connectivity index (χ2n) is 7.55. The maximum absolute atomic E-state index is 6.20. The van der Waals surface area contributed by atoms with Crippen LogP contribution in [-0.4, -0.2) is 25.0 Å². The van der Waals surface area contributed by atoms with E-state index in [1.54, 1.807) is 0 Å². The molecule has 0 spiro atoms. The van der Waals surface area contributed by atoms with Crippen LogP contribution in [0.4, 0.5) is 0 Å². The minimum Gasteiger partial charge on any atom is -0.338 e. The fourth-order valence-corrected chi connectivity index (χ4v) is 3.18. The zero-order valence-electron chi connectivity index (χ0n) is 15.0. The Kier molecular flexibility index (Phi) is 4.25. The molecule has 0 aliphatic carbocycles. The smallest absolute Gasteiger partial charge is 0.241 e. The molecule has 0 N–H and O–H groups in total. The van der Waals surface area contributed by atoms with Gasteiger partial charge in [0.1, 0.15) is 5.82 Å². The number of hydrogen-bond donors (Lipinski definition) is 0. The normalized spacial score (nSPS) is 14.6. The number of nitrogens with zero attached hydrogens (tertiary/aromatic N) is 5. The lowest BCUT2D eigenvalue weighted by Gasteiger charge is -2.16. The quantitative estimate of drug-likeness (QED) is 0.695. The van der Waals surface area contributed by atoms with Crippen molar-refractivity contribution in [3.05, 3.63) is 58.5 Å². The van der Waals surface area contributed by atoms with E-state index in [1.807, 2.05) is 30.5 Å². The van der Waals surface area contributed by atoms with Crippen molar-refractivity contribution in [2.75, 3.05) is 0 Å². The summed E-state index contributed by atoms with van der Waals surface area (Å²) in [5.74, 6) is 1.95. The number of benzene rings is 1. The second-order valence-corrected chi connectivity index (χ2v) is 7.96. The Morgan fingerprint density at radius 3 is 2.73 bits per heavy atom. The van der Waals surface area contributed by atoms with E-state index < -0.39 is 0 Å². The largest absolute Gasteiger partial charge is 0.338 e. The van der Waals surface area contributed by atoms with E-state index in [9.17, 15) is 0 Å². The van der Waals surface area contributed by atoms with Crippen molar-refractivity contribution < 1.29 is 4.52 Å². The molecule has 1 aromatic carbocycles. The predicted octanol–water partition coefficient (Wildman–Crippen LogP) is 3.99. The summed E-state index contributed by atoms with van der Waals surface area (Å²) in [5, 5.41) is 4.67. The molecule has 4 rings (SSSR count). The van der Waals surface area contributed by atoms with Crippen LogP contribution >= 0.6 is 11.6 Å². The van der Waals surface area contributed by atoms with Gasteiger partial charge in [0, 0.05) is 35.8 Å². The molecule has 0 amide bonds. The Morgan fingerprint density at radius 2 is 1.96 bits per heavy atom. The third-order valence-electron chi connectivity index (χ3n) is 4.33. The molecule has 0 unspecified atom stereocenters. The fourth-order valence-electron chi connectivity index (χ4n) is 2.96. The lowest BCUT2D eigenvalue weighted by molar-refractivity contribution is 0.230. The lowest BCUT2D eigenvalue weighted by atomic mass is 9.95. The zero-order chi connectivity index (χ0) is 18.3. The van der Waals surface area contributed by atoms with E-state index in [-0.39, 0.29) is 5.41 Å². The summed E-state index contributed by atoms with van der Waals surface area (Å²) in [6.07, 6.45) is 1.94. The Balaban J connectivity index is 1.49. The van der Waals surface area contributed by atoms with Crippen molar-refractivity contribution in [3.63, 3.8) is 0 Å². The van der Waals surface area contributed by atoms with Crippen LogP contribution in [0.3, 0.4) is 0 Å². The molecule has 6 nitrogen and oxygen atoms in total. The van der Waals surface area contributed by atoms with Gasteiger partial charge in [0.2, 0.25) is 11.7 Å². The van der Waals surface area contributed by atoms with Crippen LogP contribution in [0.5, 0.6) is 0 Å². The van der Waals surface area contributed by atoms with Gasteiger partial charge in [0.25, 0.3) is 0 Å². The fraction of sp³-hybridized carbons (Fsp3) is 0.368. The van der Waals surface area contributed by atoms with Crippen LogP contribution in [0.2, 0.25) is 5.02 Å². The van der Waals surface area contributed by atoms with E-state index in [4.69, 9.17) is 21.1 Å². The molecule has 1 aliphatic rings. The molecule has 3 heterocycles. The number of aromatic nitrogens is 4. The average molecular weight is 370 g/mol. The van der Waals surface area contributed by atoms with E-state index in [2.05, 4.69) is 40.8 Å². The van der Waals surface area contributed by atoms with Crippen molar-refractivity contribution >= 4 is 11.6 Å². The van der Waals surface area contributed by atoms with Crippen molar-refractivity contribution in [2.45, 2.75) is 45.8 Å². The maximum atomic E-state index is 6.20. The summed E-state index contributed by atoms with van der Waals surface area (Å²) in [4.78, 5) is 16.0. The molecule has 0 atom stereocenters. The van der Waals surface area contributed by atoms with Gasteiger partial charge in [-0.3, -0.25) is 4.90 Å². The van der Waals surface area contributed by atoms with Gasteiger partial charge in [-0.05, 0) is 12.1 Å². The van der Waals surface area contributed by atoms with Crippen molar-refractivity contribution in [1.29, 1.82) is 0 Å². The molecule has 0 fully saturated rings. The summed E-state index contributed by atoms with van der Waals surface area (Å²) in [6.45, 7) is 8.47. The molecule has 0 radical (unpaired) electrons. The molecule has 1 aliphatic heterocycles. The Bertz CT molecular complexity index is 947. The predicted molar refractivity (Wildman–Crippen MR) is 98.4 cm³/mol. The lowest BCUT2D eigenvalue weighted by Crippen LogP contribution is -2.17. The Morgan fingerprint density at radius 1 is 1.15 bits per heavy atom. The van der Waals surface area contributed by atoms with Gasteiger partial charge < -0.3 is 4.52 Å². The molecule has 26 heavy (non-hydrogen) atoms. The maximum Gasteiger partial charge on any atom is 0.241 e. The third kappa shape index (κ3) is 3.34. The van der Waals surface area contributed by atoms with Gasteiger partial charge in [-0.1, -0.05) is 49.7 Å². The van der Waals surface area contributed by atoms with Gasteiger partial charge in [-0.2, -0.15) is 4.98 Å². The highest BCUT2D eigenvalue weighted by Gasteiger charge is 2.26. The van der Waals surface area contributed by atoms with Gasteiger partial charge in [0.15, 0.2) is 0 Å². The molecular weight excluding hydrogens is 350 g/mol. The highest BCUT2D eigenvalue weighted by Crippen LogP contribution is 2.27. The van der Waals surface area contributed by atoms with Gasteiger partial charge in [0.05, 0.1) is 17.3 Å². The molecule has 0 saturated carbocycles. The SMILES string of the molecule is CC(C)(C)c1ncc2c(n1)CN(Cc1nc(-c3ccccc3Cl)no1)C2. The van der Waals surface area contributed by atoms with Crippen LogP contribution in [-0.2, 0) is 25.0 Å². The van der Waals surface area contributed by atoms with E-state index >= 15 is 0 Å². The summed E-state index contributed by atoms with van der Waals surface area (Å²) in [6, 6.07) is 7.47. The van der Waals surface area contributed by atoms with E-state index in [0.717, 1.165) is 35.7 Å². The first-order valence-electron chi connectivity index (χ1n) is 8.55. The van der Waals surface area contributed by atoms with Crippen molar-refractivity contribution in [3.8, 4) is 11.4 Å². The van der Waals surface area contributed by atoms with Crippen molar-refractivity contribution in [2.24, 2.45) is 0 Å². The first-order valence-corrected chi connectivity index (χ1v) is 8.93. The topological polar surface area (TPSA) is 67.9 Å². The number of rotatable bonds is 3. The molecule has 0 saturated heterocycles. The average Bonchev–Trinajstić information content (AvgIpc) is 3.20. The minimum absolute atomic E-state index is 0.0568. The van der Waals surface area contributed by atoms with Crippen LogP contribution in [0, 0.1) is 0 Å². The van der Waals surface area contributed by atoms with E-state index in [1.165, 1.54) is 0 Å². The van der Waals surface area contributed by atoms with Crippen LogP contribution < -0.4 is 0 Å². The van der Waals surface area contributed by atoms with E-state index in [0.29, 0.717) is 23.3 Å². The summed E-state index contributed by atoms with van der Waals surface area (Å²) >= 11 is 6.20. The highest BCUT2D eigenvalue weighted by atomic mass is 35.5. The monoisotopic (exact) mass is 369 g/mol. The Labute approximate surface area is 157 Å². The van der Waals surface area contributed by atoms with Gasteiger partial charge in [-0.15, -0.1) is 0 Å². The summed E-state index contributed by atoms with van der Waals surface area (Å²) in [5.41, 5.74) is 2.95. The van der Waals surface area contributed by atoms with Crippen LogP contribution in [0.25, 0.3) is 11.4 Å². The number of hydrogen-bond acceptors (Lipinski definition) is 6. The molecular formula is C19H20ClN5O. The van der Waals surface area contributed by atoms with Gasteiger partial charge in [-0.25, -0.2) is 9.97 Å². The minimum atomic E-state index is -0.0568. The van der Waals surface area contributed by atoms with Gasteiger partial charge >= 0.3 is 0 Å². The first kappa shape index (κ1) is 17.1. The Hall–Kier alpha value is -2.31. The van der Waals surface area contributed by atoms with Crippen molar-refractivity contribution in [1.82, 2.24) is 25.0 Å². The zero-order valence-corrected chi connectivity index (χ0v) is 15.8. The van der Waals surface area contributed by atoms with Crippen LogP contribution in [0.1, 0.15) is 43.7 Å². The standard InChI is InChI=1S/C19H20ClN5O/c1-19(2,3)18-21-8-12-9-25(10-15(12)22-18)11-16-23-17(24-26-16)13-6-4-5-7-14(13)20/h4-8H,9-11H2,1-3H3. The molecule has 7 heteroatoms. The third-order valence-corrected chi connectivity index (χ3v) is 4.66. The summed E-state index contributed by atoms with van der Waals surface area (Å²) in [7, 11) is 0. The number of fused-ring (bicyclic) bond motifs is 1. The molecule has 0 bridgehead atoms. The number of halogens is 1. The molecule has 3 aromatic rings.